The number of hydrogen-bond donors (Lipinski definition) is 2. The highest BCUT2D eigenvalue weighted by Crippen LogP contribution is 2.30. The molecular weight excluding hydrogens is 569 g/mol. The predicted molar refractivity (Wildman–Crippen MR) is 151 cm³/mol. The fourth-order valence-corrected chi connectivity index (χ4v) is 5.30. The van der Waals surface area contributed by atoms with Crippen LogP contribution in [0.4, 0.5) is 0 Å². The van der Waals surface area contributed by atoms with Gasteiger partial charge in [0.25, 0.3) is 10.0 Å². The number of nitrogens with one attached hydrogen (secondary N) is 1. The molecule has 0 fully saturated rings. The Kier molecular flexibility index (Phi) is 8.43. The number of sulfonamides is 2. The molecule has 1 heterocycles. The maximum atomic E-state index is 13.2. The second-order valence-corrected chi connectivity index (χ2v) is 13.1. The van der Waals surface area contributed by atoms with Crippen LogP contribution in [0.15, 0.2) is 93.3 Å². The average Bonchev–Trinajstić information content (AvgIpc) is 3.32. The summed E-state index contributed by atoms with van der Waals surface area (Å²) in [5.41, 5.74) is 2.43. The van der Waals surface area contributed by atoms with E-state index in [2.05, 4.69) is 9.71 Å². The Hall–Kier alpha value is -2.96. The van der Waals surface area contributed by atoms with Crippen molar-refractivity contribution in [2.24, 2.45) is 14.6 Å². The van der Waals surface area contributed by atoms with Gasteiger partial charge in [-0.2, -0.15) is 13.5 Å². The van der Waals surface area contributed by atoms with Gasteiger partial charge in [-0.1, -0.05) is 65.7 Å². The van der Waals surface area contributed by atoms with E-state index in [0.717, 1.165) is 11.1 Å². The van der Waals surface area contributed by atoms with Gasteiger partial charge in [0.2, 0.25) is 16.0 Å². The Balaban J connectivity index is 1.78. The Morgan fingerprint density at radius 1 is 1.00 bits per heavy atom. The maximum Gasteiger partial charge on any atom is 0.285 e. The first-order valence-electron chi connectivity index (χ1n) is 11.5. The monoisotopic (exact) mass is 593 g/mol. The molecule has 1 aliphatic heterocycles. The van der Waals surface area contributed by atoms with Crippen LogP contribution in [0.1, 0.15) is 24.0 Å². The molecule has 38 heavy (non-hydrogen) atoms. The molecule has 3 aromatic rings. The molecule has 0 radical (unpaired) electrons. The quantitative estimate of drug-likeness (QED) is 0.316. The van der Waals surface area contributed by atoms with Gasteiger partial charge in [0.1, 0.15) is 0 Å². The van der Waals surface area contributed by atoms with Crippen LogP contribution in [0.25, 0.3) is 0 Å². The van der Waals surface area contributed by atoms with E-state index in [4.69, 9.17) is 33.4 Å². The Morgan fingerprint density at radius 3 is 2.16 bits per heavy atom. The number of hydrazone groups is 1. The molecule has 1 unspecified atom stereocenters. The molecule has 2 atom stereocenters. The second kappa shape index (κ2) is 11.4. The molecular formula is C25H25Cl2N5O4S2. The van der Waals surface area contributed by atoms with Gasteiger partial charge in [0.05, 0.1) is 22.4 Å². The smallest absolute Gasteiger partial charge is 0.285 e. The minimum atomic E-state index is -4.21. The summed E-state index contributed by atoms with van der Waals surface area (Å²) in [6.07, 6.45) is 0. The van der Waals surface area contributed by atoms with Crippen molar-refractivity contribution in [3.63, 3.8) is 0 Å². The van der Waals surface area contributed by atoms with Crippen molar-refractivity contribution >= 4 is 54.9 Å². The molecule has 0 bridgehead atoms. The van der Waals surface area contributed by atoms with Gasteiger partial charge in [0.15, 0.2) is 0 Å². The first-order valence-corrected chi connectivity index (χ1v) is 15.3. The van der Waals surface area contributed by atoms with E-state index in [1.165, 1.54) is 36.2 Å². The first-order chi connectivity index (χ1) is 17.9. The molecule has 0 amide bonds. The maximum absolute atomic E-state index is 13.2. The van der Waals surface area contributed by atoms with Gasteiger partial charge < -0.3 is 5.32 Å². The molecule has 3 aromatic carbocycles. The summed E-state index contributed by atoms with van der Waals surface area (Å²) >= 11 is 12.0. The third-order valence-electron chi connectivity index (χ3n) is 5.93. The zero-order valence-electron chi connectivity index (χ0n) is 20.2. The zero-order valence-corrected chi connectivity index (χ0v) is 23.3. The summed E-state index contributed by atoms with van der Waals surface area (Å²) in [4.78, 5) is -0.0820. The molecule has 1 aliphatic rings. The molecule has 0 saturated carbocycles. The number of guanidine groups is 1. The van der Waals surface area contributed by atoms with Gasteiger partial charge in [-0.05, 0) is 54.4 Å². The van der Waals surface area contributed by atoms with Crippen molar-refractivity contribution in [2.75, 3.05) is 13.1 Å². The van der Waals surface area contributed by atoms with E-state index >= 15 is 0 Å². The van der Waals surface area contributed by atoms with E-state index in [-0.39, 0.29) is 29.9 Å². The predicted octanol–water partition coefficient (Wildman–Crippen LogP) is 3.81. The topological polar surface area (TPSA) is 134 Å². The van der Waals surface area contributed by atoms with Crippen LogP contribution in [-0.2, 0) is 20.0 Å². The van der Waals surface area contributed by atoms with Gasteiger partial charge in [-0.15, -0.1) is 4.40 Å². The fourth-order valence-electron chi connectivity index (χ4n) is 3.76. The highest BCUT2D eigenvalue weighted by atomic mass is 35.5. The van der Waals surface area contributed by atoms with E-state index in [9.17, 15) is 16.8 Å². The van der Waals surface area contributed by atoms with E-state index in [1.54, 1.807) is 12.1 Å². The lowest BCUT2D eigenvalue weighted by Gasteiger charge is -2.21. The summed E-state index contributed by atoms with van der Waals surface area (Å²) in [5.74, 6) is -0.376. The number of rotatable bonds is 7. The molecule has 0 saturated heterocycles. The molecule has 3 N–H and O–H groups in total. The van der Waals surface area contributed by atoms with Gasteiger partial charge in [-0.3, -0.25) is 0 Å². The van der Waals surface area contributed by atoms with E-state index in [0.29, 0.717) is 15.8 Å². The Labute approximate surface area is 232 Å². The number of nitrogens with zero attached hydrogens (tertiary/aromatic N) is 3. The van der Waals surface area contributed by atoms with Crippen LogP contribution < -0.4 is 10.5 Å². The molecule has 0 aromatic heterocycles. The summed E-state index contributed by atoms with van der Waals surface area (Å²) in [7, 11) is -8.09. The third-order valence-corrected chi connectivity index (χ3v) is 9.00. The summed E-state index contributed by atoms with van der Waals surface area (Å²) in [6, 6.07) is 22.3. The van der Waals surface area contributed by atoms with Crippen LogP contribution in [0, 0.1) is 0 Å². The molecule has 13 heteroatoms. The SMILES string of the molecule is C[C@@H](CNC(=NS(=O)(=O)c1ccc(Cl)cc1)N1CC(c2ccccc2)C(c2ccc(Cl)cc2)=N1)S(N)(=O)=O. The number of primary sulfonamides is 1. The minimum absolute atomic E-state index is 0.0820. The normalized spacial score (nSPS) is 17.3. The van der Waals surface area contributed by atoms with Crippen molar-refractivity contribution in [3.8, 4) is 0 Å². The lowest BCUT2D eigenvalue weighted by molar-refractivity contribution is 0.454. The summed E-state index contributed by atoms with van der Waals surface area (Å²) in [5, 5.41) is 14.2. The van der Waals surface area contributed by atoms with Gasteiger partial charge in [-0.25, -0.2) is 18.6 Å². The van der Waals surface area contributed by atoms with Crippen LogP contribution >= 0.6 is 23.2 Å². The average molecular weight is 595 g/mol. The number of halogens is 2. The van der Waals surface area contributed by atoms with E-state index in [1.807, 2.05) is 42.5 Å². The highest BCUT2D eigenvalue weighted by molar-refractivity contribution is 7.90. The third kappa shape index (κ3) is 6.72. The summed E-state index contributed by atoms with van der Waals surface area (Å²) < 4.78 is 54.0. The summed E-state index contributed by atoms with van der Waals surface area (Å²) in [6.45, 7) is 1.46. The Morgan fingerprint density at radius 2 is 1.58 bits per heavy atom. The fraction of sp³-hybridized carbons (Fsp3) is 0.200. The van der Waals surface area contributed by atoms with Gasteiger partial charge >= 0.3 is 0 Å². The number of nitrogens with two attached hydrogens (primary N) is 1. The zero-order chi connectivity index (χ0) is 27.5. The van der Waals surface area contributed by atoms with Crippen molar-refractivity contribution < 1.29 is 16.8 Å². The number of benzene rings is 3. The van der Waals surface area contributed by atoms with Crippen LogP contribution in [0.2, 0.25) is 10.0 Å². The van der Waals surface area contributed by atoms with Crippen molar-refractivity contribution in [1.29, 1.82) is 0 Å². The second-order valence-electron chi connectivity index (χ2n) is 8.66. The van der Waals surface area contributed by atoms with Crippen molar-refractivity contribution in [1.82, 2.24) is 10.3 Å². The first kappa shape index (κ1) is 28.1. The minimum Gasteiger partial charge on any atom is -0.353 e. The van der Waals surface area contributed by atoms with Crippen LogP contribution in [0.3, 0.4) is 0 Å². The molecule has 200 valence electrons. The lowest BCUT2D eigenvalue weighted by Crippen LogP contribution is -2.44. The molecule has 9 nitrogen and oxygen atoms in total. The Bertz CT molecular complexity index is 1560. The van der Waals surface area contributed by atoms with Crippen molar-refractivity contribution in [2.45, 2.75) is 23.0 Å². The van der Waals surface area contributed by atoms with E-state index < -0.39 is 25.3 Å². The van der Waals surface area contributed by atoms with Crippen LogP contribution in [-0.4, -0.2) is 51.9 Å². The standard InChI is InChI=1S/C25H25Cl2N5O4S2/c1-17(37(28,33)34)15-29-25(31-38(35,36)22-13-11-21(27)12-14-22)32-16-23(18-5-3-2-4-6-18)24(30-32)19-7-9-20(26)10-8-19/h2-14,17,23H,15-16H2,1H3,(H,29,31)(H2,28,33,34)/t17-,23?/m0/s1. The molecule has 0 aliphatic carbocycles. The van der Waals surface area contributed by atoms with Gasteiger partial charge in [0, 0.05) is 22.5 Å². The van der Waals surface area contributed by atoms with Crippen LogP contribution in [0.5, 0.6) is 0 Å². The highest BCUT2D eigenvalue weighted by Gasteiger charge is 2.33. The largest absolute Gasteiger partial charge is 0.353 e. The number of hydrogen-bond acceptors (Lipinski definition) is 5. The van der Waals surface area contributed by atoms with Crippen molar-refractivity contribution in [3.05, 3.63) is 100 Å². The molecule has 0 spiro atoms. The molecule has 4 rings (SSSR count). The lowest BCUT2D eigenvalue weighted by atomic mass is 9.91.